The lowest BCUT2D eigenvalue weighted by Gasteiger charge is -2.05. The predicted octanol–water partition coefficient (Wildman–Crippen LogP) is 3.75. The summed E-state index contributed by atoms with van der Waals surface area (Å²) in [5, 5.41) is 3.86. The molecule has 0 fully saturated rings. The molecule has 88 valence electrons. The van der Waals surface area contributed by atoms with Gasteiger partial charge < -0.3 is 5.32 Å². The lowest BCUT2D eigenvalue weighted by Crippen LogP contribution is -2.10. The Bertz CT molecular complexity index is 321. The monoisotopic (exact) mass is 283 g/mol. The minimum Gasteiger partial charge on any atom is -0.326 e. The molecule has 1 aromatic carbocycles. The molecular weight excluding hydrogens is 266 g/mol. The van der Waals surface area contributed by atoms with Crippen molar-refractivity contribution in [3.8, 4) is 0 Å². The van der Waals surface area contributed by atoms with Crippen LogP contribution in [0.15, 0.2) is 24.3 Å². The number of hydrogen-bond acceptors (Lipinski definition) is 1. The van der Waals surface area contributed by atoms with Crippen LogP contribution in [0.1, 0.15) is 31.7 Å². The molecule has 0 saturated heterocycles. The number of carbonyl (C=O) groups excluding carboxylic acids is 1. The van der Waals surface area contributed by atoms with Gasteiger partial charge in [0, 0.05) is 17.4 Å². The first-order valence-electron chi connectivity index (χ1n) is 5.71. The van der Waals surface area contributed by atoms with E-state index in [2.05, 4.69) is 40.3 Å². The van der Waals surface area contributed by atoms with Crippen LogP contribution in [0.25, 0.3) is 0 Å². The molecule has 0 atom stereocenters. The van der Waals surface area contributed by atoms with Crippen LogP contribution in [0.5, 0.6) is 0 Å². The van der Waals surface area contributed by atoms with Crippen molar-refractivity contribution in [2.24, 2.45) is 0 Å². The Labute approximate surface area is 106 Å². The van der Waals surface area contributed by atoms with Crippen molar-refractivity contribution in [2.45, 2.75) is 32.6 Å². The van der Waals surface area contributed by atoms with Gasteiger partial charge in [0.05, 0.1) is 0 Å². The van der Waals surface area contributed by atoms with Gasteiger partial charge >= 0.3 is 0 Å². The Morgan fingerprint density at radius 3 is 2.56 bits per heavy atom. The van der Waals surface area contributed by atoms with Gasteiger partial charge in [0.2, 0.25) is 5.91 Å². The third-order valence-corrected chi connectivity index (χ3v) is 2.77. The number of unbranched alkanes of at least 4 members (excludes halogenated alkanes) is 1. The van der Waals surface area contributed by atoms with Gasteiger partial charge in [-0.25, -0.2) is 0 Å². The van der Waals surface area contributed by atoms with Crippen LogP contribution < -0.4 is 5.32 Å². The van der Waals surface area contributed by atoms with Crippen LogP contribution in [0, 0.1) is 0 Å². The summed E-state index contributed by atoms with van der Waals surface area (Å²) in [7, 11) is 0. The number of aryl methyl sites for hydroxylation is 1. The van der Waals surface area contributed by atoms with Crippen LogP contribution in [-0.2, 0) is 11.2 Å². The number of nitrogens with one attached hydrogen (secondary N) is 1. The quantitative estimate of drug-likeness (QED) is 0.792. The number of carbonyl (C=O) groups is 1. The average Bonchev–Trinajstić information content (AvgIpc) is 2.29. The van der Waals surface area contributed by atoms with Crippen molar-refractivity contribution >= 4 is 27.5 Å². The van der Waals surface area contributed by atoms with Gasteiger partial charge in [-0.2, -0.15) is 0 Å². The fourth-order valence-electron chi connectivity index (χ4n) is 1.42. The number of amides is 1. The van der Waals surface area contributed by atoms with Crippen LogP contribution in [0.4, 0.5) is 5.69 Å². The van der Waals surface area contributed by atoms with E-state index in [1.165, 1.54) is 5.56 Å². The van der Waals surface area contributed by atoms with E-state index in [0.717, 1.165) is 30.3 Å². The molecule has 0 radical (unpaired) electrons. The van der Waals surface area contributed by atoms with Crippen LogP contribution in [0.2, 0.25) is 0 Å². The van der Waals surface area contributed by atoms with Gasteiger partial charge in [0.25, 0.3) is 0 Å². The number of benzene rings is 1. The maximum Gasteiger partial charge on any atom is 0.224 e. The molecule has 0 spiro atoms. The predicted molar refractivity (Wildman–Crippen MR) is 72.1 cm³/mol. The SMILES string of the molecule is CCCCC(=O)Nc1ccc(CCBr)cc1. The molecule has 1 aromatic rings. The van der Waals surface area contributed by atoms with E-state index >= 15 is 0 Å². The summed E-state index contributed by atoms with van der Waals surface area (Å²) in [6.45, 7) is 2.09. The van der Waals surface area contributed by atoms with Crippen LogP contribution in [-0.4, -0.2) is 11.2 Å². The number of hydrogen-bond donors (Lipinski definition) is 1. The minimum atomic E-state index is 0.107. The molecule has 0 aliphatic heterocycles. The molecular formula is C13H18BrNO. The Balaban J connectivity index is 2.45. The molecule has 1 N–H and O–H groups in total. The van der Waals surface area contributed by atoms with Crippen molar-refractivity contribution in [2.75, 3.05) is 10.6 Å². The van der Waals surface area contributed by atoms with Crippen molar-refractivity contribution in [1.82, 2.24) is 0 Å². The van der Waals surface area contributed by atoms with Crippen molar-refractivity contribution < 1.29 is 4.79 Å². The van der Waals surface area contributed by atoms with Gasteiger partial charge in [0.15, 0.2) is 0 Å². The van der Waals surface area contributed by atoms with Crippen molar-refractivity contribution in [1.29, 1.82) is 0 Å². The maximum absolute atomic E-state index is 11.5. The lowest BCUT2D eigenvalue weighted by atomic mass is 10.1. The smallest absolute Gasteiger partial charge is 0.224 e. The highest BCUT2D eigenvalue weighted by Crippen LogP contribution is 2.11. The second-order valence-corrected chi connectivity index (χ2v) is 4.58. The van der Waals surface area contributed by atoms with Gasteiger partial charge in [-0.3, -0.25) is 4.79 Å². The summed E-state index contributed by atoms with van der Waals surface area (Å²) in [4.78, 5) is 11.5. The standard InChI is InChI=1S/C13H18BrNO/c1-2-3-4-13(16)15-12-7-5-11(6-8-12)9-10-14/h5-8H,2-4,9-10H2,1H3,(H,15,16). The number of alkyl halides is 1. The van der Waals surface area contributed by atoms with Crippen LogP contribution >= 0.6 is 15.9 Å². The Morgan fingerprint density at radius 1 is 1.31 bits per heavy atom. The average molecular weight is 284 g/mol. The first-order chi connectivity index (χ1) is 7.76. The second-order valence-electron chi connectivity index (χ2n) is 3.79. The highest BCUT2D eigenvalue weighted by molar-refractivity contribution is 9.09. The van der Waals surface area contributed by atoms with Crippen molar-refractivity contribution in [3.63, 3.8) is 0 Å². The first kappa shape index (κ1) is 13.2. The number of halogens is 1. The van der Waals surface area contributed by atoms with Gasteiger partial charge in [-0.15, -0.1) is 0 Å². The van der Waals surface area contributed by atoms with Gasteiger partial charge in [-0.05, 0) is 30.5 Å². The molecule has 0 aromatic heterocycles. The Kier molecular flexibility index (Phi) is 6.16. The van der Waals surface area contributed by atoms with Crippen molar-refractivity contribution in [3.05, 3.63) is 29.8 Å². The molecule has 0 saturated carbocycles. The van der Waals surface area contributed by atoms with E-state index in [1.807, 2.05) is 12.1 Å². The Hall–Kier alpha value is -0.830. The van der Waals surface area contributed by atoms with Gasteiger partial charge in [0.1, 0.15) is 0 Å². The van der Waals surface area contributed by atoms with E-state index in [9.17, 15) is 4.79 Å². The highest BCUT2D eigenvalue weighted by Gasteiger charge is 2.01. The summed E-state index contributed by atoms with van der Waals surface area (Å²) in [6, 6.07) is 8.02. The summed E-state index contributed by atoms with van der Waals surface area (Å²) < 4.78 is 0. The fourth-order valence-corrected chi connectivity index (χ4v) is 1.88. The molecule has 0 aliphatic rings. The maximum atomic E-state index is 11.5. The number of anilines is 1. The molecule has 0 heterocycles. The second kappa shape index (κ2) is 7.44. The molecule has 0 unspecified atom stereocenters. The normalized spacial score (nSPS) is 10.1. The molecule has 0 bridgehead atoms. The fraction of sp³-hybridized carbons (Fsp3) is 0.462. The topological polar surface area (TPSA) is 29.1 Å². The highest BCUT2D eigenvalue weighted by atomic mass is 79.9. The molecule has 1 rings (SSSR count). The van der Waals surface area contributed by atoms with E-state index in [4.69, 9.17) is 0 Å². The Morgan fingerprint density at radius 2 is 2.00 bits per heavy atom. The molecule has 0 aliphatic carbocycles. The van der Waals surface area contributed by atoms with E-state index in [0.29, 0.717) is 6.42 Å². The lowest BCUT2D eigenvalue weighted by molar-refractivity contribution is -0.116. The summed E-state index contributed by atoms with van der Waals surface area (Å²) in [5.74, 6) is 0.107. The summed E-state index contributed by atoms with van der Waals surface area (Å²) in [5.41, 5.74) is 2.17. The molecule has 1 amide bonds. The summed E-state index contributed by atoms with van der Waals surface area (Å²) in [6.07, 6.45) is 3.63. The zero-order chi connectivity index (χ0) is 11.8. The van der Waals surface area contributed by atoms with E-state index < -0.39 is 0 Å². The molecule has 3 heteroatoms. The van der Waals surface area contributed by atoms with E-state index in [-0.39, 0.29) is 5.91 Å². The molecule has 2 nitrogen and oxygen atoms in total. The first-order valence-corrected chi connectivity index (χ1v) is 6.83. The van der Waals surface area contributed by atoms with Gasteiger partial charge in [-0.1, -0.05) is 41.4 Å². The van der Waals surface area contributed by atoms with Crippen LogP contribution in [0.3, 0.4) is 0 Å². The third-order valence-electron chi connectivity index (χ3n) is 2.38. The zero-order valence-corrected chi connectivity index (χ0v) is 11.2. The summed E-state index contributed by atoms with van der Waals surface area (Å²) >= 11 is 3.40. The van der Waals surface area contributed by atoms with E-state index in [1.54, 1.807) is 0 Å². The number of rotatable bonds is 6. The zero-order valence-electron chi connectivity index (χ0n) is 9.63. The third kappa shape index (κ3) is 4.79. The molecule has 16 heavy (non-hydrogen) atoms. The largest absolute Gasteiger partial charge is 0.326 e. The minimum absolute atomic E-state index is 0.107.